The molecule has 0 spiro atoms. The SMILES string of the molecule is Cc1cc2cc(NC(=NC3CCCCN(CC(=O)NCc4ccccc4Sc4ccccc4CO)C3=O)NC#N)ccc2o1. The van der Waals surface area contributed by atoms with Crippen LogP contribution in [-0.4, -0.2) is 46.9 Å². The third kappa shape index (κ3) is 7.78. The standard InChI is InChI=1S/C33H34N6O4S/c1-22-16-25-17-26(13-14-28(25)43-22)37-33(36-21-34)38-27-10-6-7-15-39(32(27)42)19-31(41)35-18-23-8-2-4-11-29(23)44-30-12-5-3-9-24(30)20-40/h2-5,8-9,11-14,16-17,27,40H,6-7,10,15,18-20H2,1H3,(H,35,41)(H2,36,37,38). The second kappa shape index (κ2) is 14.6. The van der Waals surface area contributed by atoms with Gasteiger partial charge in [0.25, 0.3) is 0 Å². The van der Waals surface area contributed by atoms with Gasteiger partial charge in [-0.05, 0) is 73.7 Å². The molecule has 1 aliphatic heterocycles. The van der Waals surface area contributed by atoms with Gasteiger partial charge in [0.2, 0.25) is 17.8 Å². The van der Waals surface area contributed by atoms with Gasteiger partial charge in [0.15, 0.2) is 6.19 Å². The number of nitriles is 1. The Labute approximate surface area is 260 Å². The molecule has 2 amide bonds. The summed E-state index contributed by atoms with van der Waals surface area (Å²) in [6.45, 7) is 2.49. The van der Waals surface area contributed by atoms with Gasteiger partial charge in [0.05, 0.1) is 13.2 Å². The van der Waals surface area contributed by atoms with Crippen LogP contribution in [0.5, 0.6) is 0 Å². The minimum atomic E-state index is -0.739. The number of amides is 2. The number of guanidine groups is 1. The first-order chi connectivity index (χ1) is 21.4. The average molecular weight is 611 g/mol. The third-order valence-corrected chi connectivity index (χ3v) is 8.50. The molecule has 226 valence electrons. The van der Waals surface area contributed by atoms with E-state index in [1.54, 1.807) is 4.90 Å². The van der Waals surface area contributed by atoms with Crippen LogP contribution in [0, 0.1) is 18.4 Å². The van der Waals surface area contributed by atoms with E-state index in [2.05, 4.69) is 20.9 Å². The van der Waals surface area contributed by atoms with E-state index in [4.69, 9.17) is 4.42 Å². The smallest absolute Gasteiger partial charge is 0.247 e. The molecule has 0 saturated carbocycles. The number of likely N-dealkylation sites (tertiary alicyclic amines) is 1. The topological polar surface area (TPSA) is 143 Å². The van der Waals surface area contributed by atoms with Crippen LogP contribution in [0.1, 0.15) is 36.1 Å². The van der Waals surface area contributed by atoms with Crippen molar-refractivity contribution in [3.63, 3.8) is 0 Å². The molecular formula is C33H34N6O4S. The quantitative estimate of drug-likeness (QED) is 0.0905. The van der Waals surface area contributed by atoms with Crippen LogP contribution >= 0.6 is 11.8 Å². The molecule has 0 radical (unpaired) electrons. The zero-order chi connectivity index (χ0) is 30.9. The minimum absolute atomic E-state index is 0.0537. The molecule has 1 unspecified atom stereocenters. The number of aliphatic hydroxyl groups is 1. The molecular weight excluding hydrogens is 576 g/mol. The summed E-state index contributed by atoms with van der Waals surface area (Å²) in [4.78, 5) is 34.6. The maximum Gasteiger partial charge on any atom is 0.247 e. The molecule has 0 aliphatic carbocycles. The fraction of sp³-hybridized carbons (Fsp3) is 0.273. The number of nitrogens with zero attached hydrogens (tertiary/aromatic N) is 3. The normalized spacial score (nSPS) is 15.5. The number of carbonyl (C=O) groups is 2. The van der Waals surface area contributed by atoms with Crippen LogP contribution in [0.15, 0.2) is 92.0 Å². The molecule has 5 rings (SSSR count). The zero-order valence-corrected chi connectivity index (χ0v) is 25.2. The van der Waals surface area contributed by atoms with Crippen LogP contribution in [0.4, 0.5) is 5.69 Å². The van der Waals surface area contributed by atoms with Crippen LogP contribution < -0.4 is 16.0 Å². The first-order valence-electron chi connectivity index (χ1n) is 14.4. The van der Waals surface area contributed by atoms with Gasteiger partial charge in [-0.15, -0.1) is 0 Å². The monoisotopic (exact) mass is 610 g/mol. The molecule has 10 nitrogen and oxygen atoms in total. The number of hydrogen-bond acceptors (Lipinski definition) is 7. The van der Waals surface area contributed by atoms with E-state index < -0.39 is 6.04 Å². The largest absolute Gasteiger partial charge is 0.461 e. The molecule has 44 heavy (non-hydrogen) atoms. The van der Waals surface area contributed by atoms with Crippen molar-refractivity contribution in [3.8, 4) is 6.19 Å². The number of aryl methyl sites for hydroxylation is 1. The van der Waals surface area contributed by atoms with Crippen molar-refractivity contribution in [3.05, 3.63) is 89.7 Å². The number of anilines is 1. The van der Waals surface area contributed by atoms with Crippen molar-refractivity contribution in [1.29, 1.82) is 5.26 Å². The van der Waals surface area contributed by atoms with Gasteiger partial charge < -0.3 is 25.1 Å². The Hall–Kier alpha value is -4.79. The first kappa shape index (κ1) is 30.7. The predicted octanol–water partition coefficient (Wildman–Crippen LogP) is 4.92. The lowest BCUT2D eigenvalue weighted by atomic mass is 10.1. The Balaban J connectivity index is 1.23. The molecule has 4 aromatic rings. The van der Waals surface area contributed by atoms with Crippen LogP contribution in [0.3, 0.4) is 0 Å². The summed E-state index contributed by atoms with van der Waals surface area (Å²) >= 11 is 1.54. The summed E-state index contributed by atoms with van der Waals surface area (Å²) < 4.78 is 5.63. The van der Waals surface area contributed by atoms with Crippen molar-refractivity contribution in [2.45, 2.75) is 55.2 Å². The van der Waals surface area contributed by atoms with Crippen molar-refractivity contribution < 1.29 is 19.1 Å². The lowest BCUT2D eigenvalue weighted by Gasteiger charge is -2.23. The molecule has 1 aromatic heterocycles. The molecule has 0 bridgehead atoms. The van der Waals surface area contributed by atoms with E-state index in [9.17, 15) is 20.0 Å². The number of hydrogen-bond donors (Lipinski definition) is 4. The number of rotatable bonds is 9. The van der Waals surface area contributed by atoms with E-state index in [0.717, 1.165) is 50.5 Å². The highest BCUT2D eigenvalue weighted by Gasteiger charge is 2.28. The summed E-state index contributed by atoms with van der Waals surface area (Å²) in [5, 5.41) is 28.6. The second-order valence-electron chi connectivity index (χ2n) is 10.5. The van der Waals surface area contributed by atoms with Crippen molar-refractivity contribution in [2.75, 3.05) is 18.4 Å². The number of aliphatic imine (C=N–C) groups is 1. The number of aliphatic hydroxyl groups excluding tert-OH is 1. The van der Waals surface area contributed by atoms with Gasteiger partial charge >= 0.3 is 0 Å². The van der Waals surface area contributed by atoms with Crippen LogP contribution in [0.25, 0.3) is 11.0 Å². The minimum Gasteiger partial charge on any atom is -0.461 e. The number of benzene rings is 3. The molecule has 11 heteroatoms. The summed E-state index contributed by atoms with van der Waals surface area (Å²) in [5.41, 5.74) is 3.22. The first-order valence-corrected chi connectivity index (χ1v) is 15.3. The Morgan fingerprint density at radius 3 is 2.61 bits per heavy atom. The third-order valence-electron chi connectivity index (χ3n) is 7.26. The lowest BCUT2D eigenvalue weighted by Crippen LogP contribution is -2.44. The van der Waals surface area contributed by atoms with E-state index in [0.29, 0.717) is 25.2 Å². The Morgan fingerprint density at radius 2 is 1.84 bits per heavy atom. The lowest BCUT2D eigenvalue weighted by molar-refractivity contribution is -0.136. The number of carbonyl (C=O) groups excluding carboxylic acids is 2. The van der Waals surface area contributed by atoms with Crippen molar-refractivity contribution >= 4 is 46.2 Å². The fourth-order valence-corrected chi connectivity index (χ4v) is 6.15. The van der Waals surface area contributed by atoms with Gasteiger partial charge in [0.1, 0.15) is 17.4 Å². The highest BCUT2D eigenvalue weighted by atomic mass is 32.2. The zero-order valence-electron chi connectivity index (χ0n) is 24.4. The van der Waals surface area contributed by atoms with Crippen molar-refractivity contribution in [2.24, 2.45) is 4.99 Å². The van der Waals surface area contributed by atoms with E-state index in [1.807, 2.05) is 85.9 Å². The van der Waals surface area contributed by atoms with Gasteiger partial charge in [-0.3, -0.25) is 14.9 Å². The summed E-state index contributed by atoms with van der Waals surface area (Å²) in [5.74, 6) is 0.430. The number of fused-ring (bicyclic) bond motifs is 1. The highest BCUT2D eigenvalue weighted by molar-refractivity contribution is 7.99. The van der Waals surface area contributed by atoms with Crippen LogP contribution in [0.2, 0.25) is 0 Å². The molecule has 1 aliphatic rings. The predicted molar refractivity (Wildman–Crippen MR) is 170 cm³/mol. The number of furan rings is 1. The molecule has 3 aromatic carbocycles. The summed E-state index contributed by atoms with van der Waals surface area (Å²) in [6, 6.07) is 22.2. The maximum absolute atomic E-state index is 13.5. The molecule has 1 atom stereocenters. The number of nitrogens with one attached hydrogen (secondary N) is 3. The highest BCUT2D eigenvalue weighted by Crippen LogP contribution is 2.33. The fourth-order valence-electron chi connectivity index (χ4n) is 5.08. The Kier molecular flexibility index (Phi) is 10.2. The molecule has 1 saturated heterocycles. The van der Waals surface area contributed by atoms with E-state index >= 15 is 0 Å². The van der Waals surface area contributed by atoms with E-state index in [1.165, 1.54) is 11.8 Å². The van der Waals surface area contributed by atoms with Gasteiger partial charge in [0, 0.05) is 34.0 Å². The van der Waals surface area contributed by atoms with Gasteiger partial charge in [-0.2, -0.15) is 5.26 Å². The maximum atomic E-state index is 13.5. The second-order valence-corrected chi connectivity index (χ2v) is 11.6. The Morgan fingerprint density at radius 1 is 1.09 bits per heavy atom. The van der Waals surface area contributed by atoms with E-state index in [-0.39, 0.29) is 30.9 Å². The Bertz CT molecular complexity index is 1710. The van der Waals surface area contributed by atoms with Gasteiger partial charge in [-0.1, -0.05) is 48.2 Å². The van der Waals surface area contributed by atoms with Crippen molar-refractivity contribution in [1.82, 2.24) is 15.5 Å². The van der Waals surface area contributed by atoms with Gasteiger partial charge in [-0.25, -0.2) is 4.99 Å². The summed E-state index contributed by atoms with van der Waals surface area (Å²) in [7, 11) is 0. The molecule has 4 N–H and O–H groups in total. The molecule has 2 heterocycles. The average Bonchev–Trinajstić information content (AvgIpc) is 3.32. The van der Waals surface area contributed by atoms with Crippen LogP contribution in [-0.2, 0) is 22.7 Å². The summed E-state index contributed by atoms with van der Waals surface area (Å²) in [6.07, 6.45) is 3.91. The molecule has 1 fully saturated rings.